The maximum Gasteiger partial charge on any atom is 0.139 e. The van der Waals surface area contributed by atoms with Crippen molar-refractivity contribution >= 4 is 5.69 Å². The third-order valence-electron chi connectivity index (χ3n) is 7.62. The molecule has 32 heavy (non-hydrogen) atoms. The first-order chi connectivity index (χ1) is 15.8. The van der Waals surface area contributed by atoms with Crippen LogP contribution in [0.15, 0.2) is 48.8 Å². The van der Waals surface area contributed by atoms with Crippen LogP contribution in [0, 0.1) is 17.8 Å². The van der Waals surface area contributed by atoms with Crippen LogP contribution in [0.3, 0.4) is 0 Å². The molecule has 1 N–H and O–H groups in total. The van der Waals surface area contributed by atoms with E-state index in [1.807, 2.05) is 12.4 Å². The molecule has 2 unspecified atom stereocenters. The monoisotopic (exact) mass is 435 g/mol. The van der Waals surface area contributed by atoms with Gasteiger partial charge in [-0.2, -0.15) is 0 Å². The SMILES string of the molecule is c1ccc(COC[C@H]2CCC3CCN(c4cncc(OC[C@@H]5CCCN5)c4)CC3C2)cc1. The lowest BCUT2D eigenvalue weighted by molar-refractivity contribution is 0.0464. The van der Waals surface area contributed by atoms with E-state index in [9.17, 15) is 0 Å². The summed E-state index contributed by atoms with van der Waals surface area (Å²) in [6, 6.07) is 13.2. The van der Waals surface area contributed by atoms with Gasteiger partial charge in [-0.1, -0.05) is 30.3 Å². The molecule has 5 nitrogen and oxygen atoms in total. The second kappa shape index (κ2) is 10.7. The molecular formula is C27H37N3O2. The number of aromatic nitrogens is 1. The third-order valence-corrected chi connectivity index (χ3v) is 7.62. The number of ether oxygens (including phenoxy) is 2. The zero-order valence-electron chi connectivity index (χ0n) is 19.1. The minimum atomic E-state index is 0.484. The summed E-state index contributed by atoms with van der Waals surface area (Å²) in [7, 11) is 0. The van der Waals surface area contributed by atoms with Gasteiger partial charge in [0.1, 0.15) is 12.4 Å². The van der Waals surface area contributed by atoms with E-state index in [1.165, 1.54) is 49.8 Å². The van der Waals surface area contributed by atoms with Crippen molar-refractivity contribution in [1.82, 2.24) is 10.3 Å². The van der Waals surface area contributed by atoms with Gasteiger partial charge in [0.2, 0.25) is 0 Å². The highest BCUT2D eigenvalue weighted by atomic mass is 16.5. The van der Waals surface area contributed by atoms with E-state index in [2.05, 4.69) is 51.6 Å². The highest BCUT2D eigenvalue weighted by molar-refractivity contribution is 5.48. The summed E-state index contributed by atoms with van der Waals surface area (Å²) < 4.78 is 12.1. The predicted octanol–water partition coefficient (Wildman–Crippen LogP) is 4.67. The first kappa shape index (κ1) is 21.7. The van der Waals surface area contributed by atoms with Gasteiger partial charge < -0.3 is 19.7 Å². The minimum Gasteiger partial charge on any atom is -0.490 e. The van der Waals surface area contributed by atoms with Gasteiger partial charge in [-0.3, -0.25) is 4.98 Å². The number of rotatable bonds is 8. The normalized spacial score (nSPS) is 27.8. The Morgan fingerprint density at radius 1 is 1.00 bits per heavy atom. The highest BCUT2D eigenvalue weighted by Crippen LogP contribution is 2.40. The maximum absolute atomic E-state index is 6.09. The van der Waals surface area contributed by atoms with Crippen molar-refractivity contribution in [2.45, 2.75) is 51.2 Å². The molecule has 2 saturated heterocycles. The summed E-state index contributed by atoms with van der Waals surface area (Å²) in [6.45, 7) is 5.73. The molecule has 5 rings (SSSR count). The number of fused-ring (bicyclic) bond motifs is 1. The first-order valence-electron chi connectivity index (χ1n) is 12.5. The Kier molecular flexibility index (Phi) is 7.24. The first-order valence-corrected chi connectivity index (χ1v) is 12.5. The van der Waals surface area contributed by atoms with E-state index in [0.29, 0.717) is 12.0 Å². The van der Waals surface area contributed by atoms with E-state index in [-0.39, 0.29) is 0 Å². The Morgan fingerprint density at radius 2 is 1.94 bits per heavy atom. The molecule has 1 aliphatic carbocycles. The molecular weight excluding hydrogens is 398 g/mol. The average molecular weight is 436 g/mol. The molecule has 0 spiro atoms. The molecule has 3 heterocycles. The van der Waals surface area contributed by atoms with Crippen LogP contribution >= 0.6 is 0 Å². The lowest BCUT2D eigenvalue weighted by atomic mass is 9.71. The van der Waals surface area contributed by atoms with Crippen LogP contribution < -0.4 is 15.0 Å². The van der Waals surface area contributed by atoms with Gasteiger partial charge in [-0.15, -0.1) is 0 Å². The fourth-order valence-electron chi connectivity index (χ4n) is 5.78. The van der Waals surface area contributed by atoms with Crippen molar-refractivity contribution in [2.75, 3.05) is 37.7 Å². The molecule has 1 aromatic heterocycles. The fourth-order valence-corrected chi connectivity index (χ4v) is 5.78. The van der Waals surface area contributed by atoms with Crippen molar-refractivity contribution in [3.8, 4) is 5.75 Å². The van der Waals surface area contributed by atoms with Gasteiger partial charge in [0.05, 0.1) is 24.7 Å². The maximum atomic E-state index is 6.09. The molecule has 2 aliphatic heterocycles. The van der Waals surface area contributed by atoms with Crippen molar-refractivity contribution in [3.63, 3.8) is 0 Å². The zero-order valence-corrected chi connectivity index (χ0v) is 19.1. The molecule has 5 heteroatoms. The molecule has 1 aromatic carbocycles. The summed E-state index contributed by atoms with van der Waals surface area (Å²) in [6.07, 6.45) is 11.6. The van der Waals surface area contributed by atoms with E-state index >= 15 is 0 Å². The summed E-state index contributed by atoms with van der Waals surface area (Å²) in [5.74, 6) is 3.22. The third kappa shape index (κ3) is 5.62. The van der Waals surface area contributed by atoms with E-state index < -0.39 is 0 Å². The number of hydrogen-bond acceptors (Lipinski definition) is 5. The minimum absolute atomic E-state index is 0.484. The van der Waals surface area contributed by atoms with Gasteiger partial charge in [0, 0.05) is 31.8 Å². The van der Waals surface area contributed by atoms with Gasteiger partial charge in [-0.05, 0) is 68.4 Å². The van der Waals surface area contributed by atoms with Crippen LogP contribution in [0.1, 0.15) is 44.1 Å². The van der Waals surface area contributed by atoms with E-state index in [4.69, 9.17) is 9.47 Å². The standard InChI is InChI=1S/C27H37N3O2/c1-2-5-21(6-3-1)18-31-19-22-8-9-23-10-12-30(17-24(23)13-22)26-14-27(16-28-15-26)32-20-25-7-4-11-29-25/h1-3,5-6,14-16,22-25,29H,4,7-13,17-20H2/t22-,23?,24?,25-/m0/s1. The van der Waals surface area contributed by atoms with Crippen LogP contribution in [0.5, 0.6) is 5.75 Å². The smallest absolute Gasteiger partial charge is 0.139 e. The molecule has 0 radical (unpaired) electrons. The Bertz CT molecular complexity index is 840. The van der Waals surface area contributed by atoms with E-state index in [0.717, 1.165) is 57.0 Å². The molecule has 1 saturated carbocycles. The predicted molar refractivity (Wildman–Crippen MR) is 128 cm³/mol. The number of hydrogen-bond donors (Lipinski definition) is 1. The quantitative estimate of drug-likeness (QED) is 0.653. The molecule has 3 aliphatic rings. The number of anilines is 1. The molecule has 0 amide bonds. The molecule has 2 aromatic rings. The summed E-state index contributed by atoms with van der Waals surface area (Å²) in [4.78, 5) is 7.02. The van der Waals surface area contributed by atoms with Crippen molar-refractivity contribution in [3.05, 3.63) is 54.4 Å². The second-order valence-electron chi connectivity index (χ2n) is 9.92. The summed E-state index contributed by atoms with van der Waals surface area (Å²) >= 11 is 0. The Morgan fingerprint density at radius 3 is 2.81 bits per heavy atom. The number of piperidine rings is 1. The van der Waals surface area contributed by atoms with Crippen LogP contribution in [0.25, 0.3) is 0 Å². The lowest BCUT2D eigenvalue weighted by Gasteiger charge is -2.44. The Hall–Kier alpha value is -2.11. The van der Waals surface area contributed by atoms with Crippen molar-refractivity contribution in [1.29, 1.82) is 0 Å². The largest absolute Gasteiger partial charge is 0.490 e. The van der Waals surface area contributed by atoms with Crippen LogP contribution in [-0.4, -0.2) is 43.9 Å². The van der Waals surface area contributed by atoms with Gasteiger partial charge in [-0.25, -0.2) is 0 Å². The van der Waals surface area contributed by atoms with Crippen LogP contribution in [0.4, 0.5) is 5.69 Å². The molecule has 3 fully saturated rings. The average Bonchev–Trinajstić information content (AvgIpc) is 3.37. The number of benzene rings is 1. The van der Waals surface area contributed by atoms with Gasteiger partial charge >= 0.3 is 0 Å². The summed E-state index contributed by atoms with van der Waals surface area (Å²) in [5, 5.41) is 3.50. The number of nitrogens with zero attached hydrogens (tertiary/aromatic N) is 2. The van der Waals surface area contributed by atoms with Crippen molar-refractivity contribution in [2.24, 2.45) is 17.8 Å². The Balaban J connectivity index is 1.12. The van der Waals surface area contributed by atoms with Crippen LogP contribution in [0.2, 0.25) is 0 Å². The number of pyridine rings is 1. The van der Waals surface area contributed by atoms with E-state index in [1.54, 1.807) is 0 Å². The summed E-state index contributed by atoms with van der Waals surface area (Å²) in [5.41, 5.74) is 2.48. The molecule has 172 valence electrons. The topological polar surface area (TPSA) is 46.6 Å². The second-order valence-corrected chi connectivity index (χ2v) is 9.92. The Labute approximate surface area is 192 Å². The van der Waals surface area contributed by atoms with Gasteiger partial charge in [0.25, 0.3) is 0 Å². The molecule has 0 bridgehead atoms. The van der Waals surface area contributed by atoms with Gasteiger partial charge in [0.15, 0.2) is 0 Å². The lowest BCUT2D eigenvalue weighted by Crippen LogP contribution is -2.43. The highest BCUT2D eigenvalue weighted by Gasteiger charge is 2.35. The molecule has 4 atom stereocenters. The van der Waals surface area contributed by atoms with Crippen LogP contribution in [-0.2, 0) is 11.3 Å². The zero-order chi connectivity index (χ0) is 21.6. The fraction of sp³-hybridized carbons (Fsp3) is 0.593. The number of nitrogens with one attached hydrogen (secondary N) is 1. The van der Waals surface area contributed by atoms with Crippen molar-refractivity contribution < 1.29 is 9.47 Å².